The van der Waals surface area contributed by atoms with Crippen LogP contribution in [0, 0.1) is 5.92 Å². The number of carbonyl (C=O) groups is 1. The summed E-state index contributed by atoms with van der Waals surface area (Å²) in [6.07, 6.45) is 4.57. The number of benzene rings is 1. The molecule has 0 unspecified atom stereocenters. The summed E-state index contributed by atoms with van der Waals surface area (Å²) in [5, 5.41) is 0. The van der Waals surface area contributed by atoms with Crippen LogP contribution in [0.5, 0.6) is 0 Å². The van der Waals surface area contributed by atoms with Gasteiger partial charge in [-0.05, 0) is 43.5 Å². The number of anilines is 1. The fourth-order valence-corrected chi connectivity index (χ4v) is 6.19. The van der Waals surface area contributed by atoms with Gasteiger partial charge in [0.25, 0.3) is 0 Å². The summed E-state index contributed by atoms with van der Waals surface area (Å²) < 4.78 is 0. The summed E-state index contributed by atoms with van der Waals surface area (Å²) in [5.74, 6) is 0.578. The second kappa shape index (κ2) is 4.60. The highest BCUT2D eigenvalue weighted by atomic mass is 16.2. The Balaban J connectivity index is 1.78. The van der Waals surface area contributed by atoms with E-state index in [1.165, 1.54) is 16.7 Å². The lowest BCUT2D eigenvalue weighted by Gasteiger charge is -2.53. The van der Waals surface area contributed by atoms with Crippen molar-refractivity contribution in [3.8, 4) is 0 Å². The molecule has 0 radical (unpaired) electrons. The average molecular weight is 320 g/mol. The summed E-state index contributed by atoms with van der Waals surface area (Å²) >= 11 is 0. The van der Waals surface area contributed by atoms with Crippen LogP contribution >= 0.6 is 0 Å². The van der Waals surface area contributed by atoms with Crippen LogP contribution in [0.4, 0.5) is 5.69 Å². The number of amides is 1. The van der Waals surface area contributed by atoms with Crippen molar-refractivity contribution in [3.63, 3.8) is 0 Å². The lowest BCUT2D eigenvalue weighted by atomic mass is 9.58. The van der Waals surface area contributed by atoms with E-state index in [-0.39, 0.29) is 17.4 Å². The second-order valence-electron chi connectivity index (χ2n) is 7.81. The number of fused-ring (bicyclic) bond motifs is 2. The van der Waals surface area contributed by atoms with Gasteiger partial charge in [0.05, 0.1) is 6.04 Å². The minimum Gasteiger partial charge on any atom is -0.304 e. The molecular weight excluding hydrogens is 296 g/mol. The van der Waals surface area contributed by atoms with Crippen molar-refractivity contribution >= 4 is 11.6 Å². The van der Waals surface area contributed by atoms with E-state index in [0.29, 0.717) is 12.0 Å². The third-order valence-electron chi connectivity index (χ3n) is 7.06. The van der Waals surface area contributed by atoms with Crippen molar-refractivity contribution in [2.24, 2.45) is 5.92 Å². The summed E-state index contributed by atoms with van der Waals surface area (Å²) in [6, 6.07) is 9.23. The lowest BCUT2D eigenvalue weighted by Crippen LogP contribution is -2.61. The molecular formula is C21H24N2O. The van der Waals surface area contributed by atoms with Crippen molar-refractivity contribution in [3.05, 3.63) is 53.6 Å². The normalized spacial score (nSPS) is 38.4. The molecule has 3 heteroatoms. The standard InChI is InChI=1S/C21H24N2O/c1-4-15-12-22-10-9-21-17-7-5-6-8-18(17)23(14(3)24)20(21)13(2)16(15)11-19(21)22/h4-8,16,19-20H,2,9-12H2,1,3H3/b15-4+/t16-,19+,20+,21-/m1/s1. The molecule has 24 heavy (non-hydrogen) atoms. The number of hydrogen-bond acceptors (Lipinski definition) is 2. The number of nitrogens with zero attached hydrogens (tertiary/aromatic N) is 2. The number of para-hydroxylation sites is 1. The molecule has 124 valence electrons. The molecule has 5 rings (SSSR count). The van der Waals surface area contributed by atoms with Crippen LogP contribution in [-0.2, 0) is 10.2 Å². The first-order chi connectivity index (χ1) is 11.6. The predicted molar refractivity (Wildman–Crippen MR) is 96.1 cm³/mol. The van der Waals surface area contributed by atoms with Crippen LogP contribution < -0.4 is 4.90 Å². The van der Waals surface area contributed by atoms with E-state index in [9.17, 15) is 4.79 Å². The third-order valence-corrected chi connectivity index (χ3v) is 7.06. The van der Waals surface area contributed by atoms with E-state index in [4.69, 9.17) is 0 Å². The molecule has 1 saturated carbocycles. The predicted octanol–water partition coefficient (Wildman–Crippen LogP) is 3.27. The zero-order chi connectivity index (χ0) is 16.6. The van der Waals surface area contributed by atoms with Crippen molar-refractivity contribution in [1.29, 1.82) is 0 Å². The Kier molecular flexibility index (Phi) is 2.78. The summed E-state index contributed by atoms with van der Waals surface area (Å²) in [5.41, 5.74) is 5.29. The van der Waals surface area contributed by atoms with Crippen molar-refractivity contribution in [2.45, 2.75) is 44.2 Å². The Bertz CT molecular complexity index is 795. The van der Waals surface area contributed by atoms with Gasteiger partial charge in [0.2, 0.25) is 5.91 Å². The minimum absolute atomic E-state index is 0.0507. The van der Waals surface area contributed by atoms with Gasteiger partial charge in [-0.25, -0.2) is 0 Å². The van der Waals surface area contributed by atoms with Crippen LogP contribution in [0.3, 0.4) is 0 Å². The molecule has 0 N–H and O–H groups in total. The first kappa shape index (κ1) is 14.5. The molecule has 2 bridgehead atoms. The van der Waals surface area contributed by atoms with Crippen molar-refractivity contribution < 1.29 is 4.79 Å². The number of rotatable bonds is 0. The number of allylic oxidation sites excluding steroid dienone is 1. The van der Waals surface area contributed by atoms with Gasteiger partial charge in [0, 0.05) is 36.5 Å². The first-order valence-electron chi connectivity index (χ1n) is 9.06. The third kappa shape index (κ3) is 1.46. The molecule has 1 aromatic carbocycles. The molecule has 3 heterocycles. The van der Waals surface area contributed by atoms with Gasteiger partial charge < -0.3 is 4.90 Å². The summed E-state index contributed by atoms with van der Waals surface area (Å²) in [4.78, 5) is 17.3. The lowest BCUT2D eigenvalue weighted by molar-refractivity contribution is -0.117. The van der Waals surface area contributed by atoms with Crippen molar-refractivity contribution in [1.82, 2.24) is 4.90 Å². The SMILES string of the molecule is C=C1[C@H]2C[C@@H]3N(CC[C@@]34c3ccccc3N(C(C)=O)[C@@H]14)C/C2=C\C. The van der Waals surface area contributed by atoms with Crippen molar-refractivity contribution in [2.75, 3.05) is 18.0 Å². The highest BCUT2D eigenvalue weighted by Crippen LogP contribution is 2.62. The van der Waals surface area contributed by atoms with E-state index < -0.39 is 0 Å². The largest absolute Gasteiger partial charge is 0.304 e. The highest BCUT2D eigenvalue weighted by molar-refractivity contribution is 5.97. The Labute approximate surface area is 143 Å². The minimum atomic E-state index is 0.0507. The Morgan fingerprint density at radius 1 is 1.38 bits per heavy atom. The van der Waals surface area contributed by atoms with Gasteiger partial charge in [-0.15, -0.1) is 0 Å². The van der Waals surface area contributed by atoms with Crippen LogP contribution in [0.1, 0.15) is 32.3 Å². The zero-order valence-electron chi connectivity index (χ0n) is 14.5. The smallest absolute Gasteiger partial charge is 0.224 e. The molecule has 3 fully saturated rings. The molecule has 3 aliphatic heterocycles. The van der Waals surface area contributed by atoms with Gasteiger partial charge in [-0.2, -0.15) is 0 Å². The summed E-state index contributed by atoms with van der Waals surface area (Å²) in [7, 11) is 0. The van der Waals surface area contributed by atoms with E-state index in [2.05, 4.69) is 53.6 Å². The van der Waals surface area contributed by atoms with Gasteiger partial charge in [0.1, 0.15) is 0 Å². The van der Waals surface area contributed by atoms with Gasteiger partial charge in [-0.3, -0.25) is 9.69 Å². The molecule has 1 aromatic rings. The van der Waals surface area contributed by atoms with E-state index >= 15 is 0 Å². The Morgan fingerprint density at radius 2 is 2.17 bits per heavy atom. The zero-order valence-corrected chi connectivity index (χ0v) is 14.5. The van der Waals surface area contributed by atoms with Crippen LogP contribution in [0.25, 0.3) is 0 Å². The monoisotopic (exact) mass is 320 g/mol. The first-order valence-corrected chi connectivity index (χ1v) is 9.06. The molecule has 1 amide bonds. The van der Waals surface area contributed by atoms with E-state index in [1.807, 2.05) is 0 Å². The van der Waals surface area contributed by atoms with E-state index in [0.717, 1.165) is 31.6 Å². The quantitative estimate of drug-likeness (QED) is 0.685. The molecule has 1 aliphatic carbocycles. The Hall–Kier alpha value is -1.87. The average Bonchev–Trinajstić information content (AvgIpc) is 3.12. The maximum absolute atomic E-state index is 12.6. The molecule has 4 atom stereocenters. The molecule has 4 aliphatic rings. The van der Waals surface area contributed by atoms with Gasteiger partial charge in [0.15, 0.2) is 0 Å². The Morgan fingerprint density at radius 3 is 2.92 bits per heavy atom. The number of piperidine rings is 1. The molecule has 0 aromatic heterocycles. The molecule has 2 saturated heterocycles. The number of carbonyl (C=O) groups excluding carboxylic acids is 1. The van der Waals surface area contributed by atoms with Crippen LogP contribution in [-0.4, -0.2) is 36.0 Å². The number of hydrogen-bond donors (Lipinski definition) is 0. The fraction of sp³-hybridized carbons (Fsp3) is 0.476. The maximum atomic E-state index is 12.6. The van der Waals surface area contributed by atoms with E-state index in [1.54, 1.807) is 6.92 Å². The summed E-state index contributed by atoms with van der Waals surface area (Å²) in [6.45, 7) is 10.6. The van der Waals surface area contributed by atoms with Crippen LogP contribution in [0.15, 0.2) is 48.1 Å². The topological polar surface area (TPSA) is 23.6 Å². The fourth-order valence-electron chi connectivity index (χ4n) is 6.19. The van der Waals surface area contributed by atoms with Gasteiger partial charge in [-0.1, -0.05) is 36.4 Å². The molecule has 3 nitrogen and oxygen atoms in total. The van der Waals surface area contributed by atoms with Crippen LogP contribution in [0.2, 0.25) is 0 Å². The second-order valence-corrected chi connectivity index (χ2v) is 7.81. The van der Waals surface area contributed by atoms with Gasteiger partial charge >= 0.3 is 0 Å². The highest BCUT2D eigenvalue weighted by Gasteiger charge is 2.65. The maximum Gasteiger partial charge on any atom is 0.224 e. The molecule has 1 spiro atoms.